The van der Waals surface area contributed by atoms with E-state index in [9.17, 15) is 4.79 Å². The number of carboxylic acid groups (broad SMARTS) is 1. The van der Waals surface area contributed by atoms with Gasteiger partial charge in [0.15, 0.2) is 0 Å². The Morgan fingerprint density at radius 2 is 1.86 bits per heavy atom. The van der Waals surface area contributed by atoms with Crippen LogP contribution < -0.4 is 5.73 Å². The highest BCUT2D eigenvalue weighted by Crippen LogP contribution is 2.09. The second kappa shape index (κ2) is 5.98. The number of rotatable bonds is 4. The van der Waals surface area contributed by atoms with Gasteiger partial charge in [0.1, 0.15) is 6.04 Å². The highest BCUT2D eigenvalue weighted by molar-refractivity contribution is 5.72. The zero-order chi connectivity index (χ0) is 10.4. The van der Waals surface area contributed by atoms with E-state index < -0.39 is 12.0 Å². The van der Waals surface area contributed by atoms with Gasteiger partial charge in [0.2, 0.25) is 0 Å². The third kappa shape index (κ3) is 4.07. The minimum Gasteiger partial charge on any atom is -0.480 e. The summed E-state index contributed by atoms with van der Waals surface area (Å²) in [5, 5.41) is 8.62. The summed E-state index contributed by atoms with van der Waals surface area (Å²) < 4.78 is 0. The summed E-state index contributed by atoms with van der Waals surface area (Å²) in [4.78, 5) is 12.8. The summed E-state index contributed by atoms with van der Waals surface area (Å²) in [6.45, 7) is 3.03. The van der Waals surface area contributed by atoms with Crippen LogP contribution in [0.25, 0.3) is 0 Å². The molecule has 4 heteroatoms. The van der Waals surface area contributed by atoms with Gasteiger partial charge in [-0.05, 0) is 32.4 Å². The first kappa shape index (κ1) is 11.5. The average molecular weight is 200 g/mol. The first-order valence-corrected chi connectivity index (χ1v) is 5.41. The van der Waals surface area contributed by atoms with Crippen LogP contribution in [0.4, 0.5) is 0 Å². The normalized spacial score (nSPS) is 21.5. The molecule has 0 aromatic heterocycles. The molecule has 82 valence electrons. The van der Waals surface area contributed by atoms with Gasteiger partial charge in [-0.3, -0.25) is 4.79 Å². The Bertz CT molecular complexity index is 177. The van der Waals surface area contributed by atoms with Gasteiger partial charge in [-0.2, -0.15) is 0 Å². The van der Waals surface area contributed by atoms with Crippen LogP contribution in [0.1, 0.15) is 32.1 Å². The smallest absolute Gasteiger partial charge is 0.320 e. The molecule has 14 heavy (non-hydrogen) atoms. The van der Waals surface area contributed by atoms with Gasteiger partial charge in [-0.1, -0.05) is 12.8 Å². The molecule has 0 aromatic rings. The standard InChI is InChI=1S/C10H20N2O2/c11-9(10(13)14)5-8-12-6-3-1-2-4-7-12/h9H,1-8,11H2,(H,13,14)/t9-/m1/s1. The Kier molecular flexibility index (Phi) is 4.90. The molecule has 0 saturated carbocycles. The number of carbonyl (C=O) groups is 1. The zero-order valence-electron chi connectivity index (χ0n) is 8.61. The molecule has 1 aliphatic rings. The molecule has 0 aromatic carbocycles. The minimum atomic E-state index is -0.889. The molecule has 1 fully saturated rings. The maximum atomic E-state index is 10.5. The fourth-order valence-electron chi connectivity index (χ4n) is 1.80. The first-order chi connectivity index (χ1) is 6.70. The van der Waals surface area contributed by atoms with Gasteiger partial charge in [-0.25, -0.2) is 0 Å². The predicted molar refractivity (Wildman–Crippen MR) is 55.1 cm³/mol. The van der Waals surface area contributed by atoms with Crippen LogP contribution in [-0.4, -0.2) is 41.7 Å². The lowest BCUT2D eigenvalue weighted by molar-refractivity contribution is -0.138. The molecule has 0 spiro atoms. The molecular weight excluding hydrogens is 180 g/mol. The molecule has 1 atom stereocenters. The lowest BCUT2D eigenvalue weighted by Crippen LogP contribution is -2.35. The maximum absolute atomic E-state index is 10.5. The van der Waals surface area contributed by atoms with E-state index in [1.807, 2.05) is 0 Å². The second-order valence-electron chi connectivity index (χ2n) is 3.99. The van der Waals surface area contributed by atoms with E-state index in [-0.39, 0.29) is 0 Å². The summed E-state index contributed by atoms with van der Waals surface area (Å²) in [7, 11) is 0. The number of aliphatic carboxylic acids is 1. The molecule has 1 rings (SSSR count). The molecule has 1 saturated heterocycles. The second-order valence-corrected chi connectivity index (χ2v) is 3.99. The van der Waals surface area contributed by atoms with Crippen molar-refractivity contribution in [2.75, 3.05) is 19.6 Å². The molecule has 3 N–H and O–H groups in total. The summed E-state index contributed by atoms with van der Waals surface area (Å²) >= 11 is 0. The van der Waals surface area contributed by atoms with Crippen LogP contribution in [0, 0.1) is 0 Å². The van der Waals surface area contributed by atoms with E-state index in [0.717, 1.165) is 19.6 Å². The topological polar surface area (TPSA) is 66.6 Å². The monoisotopic (exact) mass is 200 g/mol. The van der Waals surface area contributed by atoms with E-state index in [4.69, 9.17) is 10.8 Å². The predicted octanol–water partition coefficient (Wildman–Crippen LogP) is 0.664. The van der Waals surface area contributed by atoms with E-state index in [1.54, 1.807) is 0 Å². The molecule has 0 amide bonds. The van der Waals surface area contributed by atoms with Crippen LogP contribution in [0.15, 0.2) is 0 Å². The quantitative estimate of drug-likeness (QED) is 0.699. The zero-order valence-corrected chi connectivity index (χ0v) is 8.61. The molecular formula is C10H20N2O2. The number of nitrogens with zero attached hydrogens (tertiary/aromatic N) is 1. The average Bonchev–Trinajstić information content (AvgIpc) is 2.42. The summed E-state index contributed by atoms with van der Waals surface area (Å²) in [6.07, 6.45) is 5.66. The Hall–Kier alpha value is -0.610. The Labute approximate surface area is 85.1 Å². The van der Waals surface area contributed by atoms with Crippen molar-refractivity contribution in [1.82, 2.24) is 4.90 Å². The van der Waals surface area contributed by atoms with Gasteiger partial charge in [0.05, 0.1) is 0 Å². The van der Waals surface area contributed by atoms with Gasteiger partial charge in [0, 0.05) is 6.54 Å². The molecule has 0 radical (unpaired) electrons. The largest absolute Gasteiger partial charge is 0.480 e. The van der Waals surface area contributed by atoms with Crippen molar-refractivity contribution >= 4 is 5.97 Å². The van der Waals surface area contributed by atoms with E-state index in [2.05, 4.69) is 4.90 Å². The van der Waals surface area contributed by atoms with Crippen molar-refractivity contribution in [2.24, 2.45) is 5.73 Å². The number of carboxylic acids is 1. The minimum absolute atomic E-state index is 0.565. The highest BCUT2D eigenvalue weighted by Gasteiger charge is 2.14. The Balaban J connectivity index is 2.18. The van der Waals surface area contributed by atoms with Crippen molar-refractivity contribution in [3.63, 3.8) is 0 Å². The van der Waals surface area contributed by atoms with Crippen molar-refractivity contribution < 1.29 is 9.90 Å². The molecule has 0 unspecified atom stereocenters. The number of hydrogen-bond donors (Lipinski definition) is 2. The van der Waals surface area contributed by atoms with E-state index in [0.29, 0.717) is 6.42 Å². The highest BCUT2D eigenvalue weighted by atomic mass is 16.4. The number of hydrogen-bond acceptors (Lipinski definition) is 3. The van der Waals surface area contributed by atoms with E-state index >= 15 is 0 Å². The van der Waals surface area contributed by atoms with Crippen LogP contribution >= 0.6 is 0 Å². The van der Waals surface area contributed by atoms with Gasteiger partial charge in [0.25, 0.3) is 0 Å². The number of nitrogens with two attached hydrogens (primary N) is 1. The van der Waals surface area contributed by atoms with Crippen LogP contribution in [-0.2, 0) is 4.79 Å². The van der Waals surface area contributed by atoms with Crippen LogP contribution in [0.3, 0.4) is 0 Å². The number of likely N-dealkylation sites (tertiary alicyclic amines) is 1. The lowest BCUT2D eigenvalue weighted by Gasteiger charge is -2.20. The third-order valence-electron chi connectivity index (χ3n) is 2.77. The molecule has 1 aliphatic heterocycles. The SMILES string of the molecule is N[C@H](CCN1CCCCCC1)C(=O)O. The lowest BCUT2D eigenvalue weighted by atomic mass is 10.2. The maximum Gasteiger partial charge on any atom is 0.320 e. The summed E-state index contributed by atoms with van der Waals surface area (Å²) in [5.41, 5.74) is 5.45. The van der Waals surface area contributed by atoms with Gasteiger partial charge < -0.3 is 15.7 Å². The van der Waals surface area contributed by atoms with Crippen LogP contribution in [0.2, 0.25) is 0 Å². The molecule has 4 nitrogen and oxygen atoms in total. The Morgan fingerprint density at radius 3 is 2.36 bits per heavy atom. The van der Waals surface area contributed by atoms with Crippen molar-refractivity contribution in [2.45, 2.75) is 38.1 Å². The third-order valence-corrected chi connectivity index (χ3v) is 2.77. The molecule has 1 heterocycles. The molecule has 0 bridgehead atoms. The first-order valence-electron chi connectivity index (χ1n) is 5.41. The Morgan fingerprint density at radius 1 is 1.29 bits per heavy atom. The fraction of sp³-hybridized carbons (Fsp3) is 0.900. The summed E-state index contributed by atoms with van der Waals surface area (Å²) in [6, 6.07) is -0.696. The van der Waals surface area contributed by atoms with Gasteiger partial charge in [-0.15, -0.1) is 0 Å². The van der Waals surface area contributed by atoms with Crippen LogP contribution in [0.5, 0.6) is 0 Å². The van der Waals surface area contributed by atoms with Crippen molar-refractivity contribution in [3.8, 4) is 0 Å². The molecule has 0 aliphatic carbocycles. The van der Waals surface area contributed by atoms with Gasteiger partial charge >= 0.3 is 5.97 Å². The van der Waals surface area contributed by atoms with E-state index in [1.165, 1.54) is 25.7 Å². The van der Waals surface area contributed by atoms with Crippen molar-refractivity contribution in [3.05, 3.63) is 0 Å². The fourth-order valence-corrected chi connectivity index (χ4v) is 1.80. The summed E-state index contributed by atoms with van der Waals surface area (Å²) in [5.74, 6) is -0.889. The van der Waals surface area contributed by atoms with Crippen molar-refractivity contribution in [1.29, 1.82) is 0 Å².